The molecule has 3 heteroatoms. The maximum absolute atomic E-state index is 5.94. The van der Waals surface area contributed by atoms with Crippen LogP contribution in [0.4, 0.5) is 5.69 Å². The Morgan fingerprint density at radius 3 is 2.89 bits per heavy atom. The van der Waals surface area contributed by atoms with Gasteiger partial charge in [-0.3, -0.25) is 0 Å². The first-order chi connectivity index (χ1) is 8.61. The fourth-order valence-electron chi connectivity index (χ4n) is 2.71. The lowest BCUT2D eigenvalue weighted by molar-refractivity contribution is 0.404. The highest BCUT2D eigenvalue weighted by Gasteiger charge is 2.19. The summed E-state index contributed by atoms with van der Waals surface area (Å²) in [5, 5.41) is 0. The molecule has 1 aliphatic heterocycles. The first-order valence-corrected chi connectivity index (χ1v) is 7.71. The van der Waals surface area contributed by atoms with E-state index in [1.807, 2.05) is 6.92 Å². The molecule has 1 saturated heterocycles. The zero-order valence-electron chi connectivity index (χ0n) is 11.3. The van der Waals surface area contributed by atoms with Crippen molar-refractivity contribution in [2.24, 2.45) is 11.7 Å². The van der Waals surface area contributed by atoms with Crippen molar-refractivity contribution in [1.82, 2.24) is 0 Å². The lowest BCUT2D eigenvalue weighted by Gasteiger charge is -2.34. The molecular weight excluding hydrogens is 288 g/mol. The van der Waals surface area contributed by atoms with E-state index in [4.69, 9.17) is 5.73 Å². The Balaban J connectivity index is 2.16. The molecule has 2 rings (SSSR count). The summed E-state index contributed by atoms with van der Waals surface area (Å²) in [4.78, 5) is 2.51. The molecule has 0 aromatic heterocycles. The van der Waals surface area contributed by atoms with Gasteiger partial charge < -0.3 is 10.6 Å². The molecule has 0 bridgehead atoms. The van der Waals surface area contributed by atoms with Crippen LogP contribution in [0.5, 0.6) is 0 Å². The van der Waals surface area contributed by atoms with Gasteiger partial charge in [-0.2, -0.15) is 0 Å². The molecule has 1 heterocycles. The third-order valence-electron chi connectivity index (χ3n) is 3.94. The molecule has 1 fully saturated rings. The second-order valence-corrected chi connectivity index (χ2v) is 6.21. The van der Waals surface area contributed by atoms with Gasteiger partial charge in [0, 0.05) is 29.3 Å². The molecule has 0 radical (unpaired) electrons. The number of nitrogens with two attached hydrogens (primary N) is 1. The van der Waals surface area contributed by atoms with Gasteiger partial charge in [0.15, 0.2) is 0 Å². The summed E-state index contributed by atoms with van der Waals surface area (Å²) < 4.78 is 1.13. The number of rotatable bonds is 3. The van der Waals surface area contributed by atoms with Gasteiger partial charge in [-0.15, -0.1) is 0 Å². The molecule has 18 heavy (non-hydrogen) atoms. The first-order valence-electron chi connectivity index (χ1n) is 6.91. The van der Waals surface area contributed by atoms with Crippen LogP contribution in [-0.2, 0) is 0 Å². The monoisotopic (exact) mass is 310 g/mol. The minimum absolute atomic E-state index is 0.0816. The van der Waals surface area contributed by atoms with Crippen LogP contribution in [0.15, 0.2) is 22.7 Å². The molecule has 2 N–H and O–H groups in total. The zero-order chi connectivity index (χ0) is 13.1. The van der Waals surface area contributed by atoms with Crippen LogP contribution in [0.2, 0.25) is 0 Å². The fraction of sp³-hybridized carbons (Fsp3) is 0.600. The molecule has 0 aliphatic carbocycles. The van der Waals surface area contributed by atoms with Crippen LogP contribution in [-0.4, -0.2) is 13.1 Å². The Hall–Kier alpha value is -0.540. The SMILES string of the molecule is CCC1CCCN(c2ccc([C@@H](C)N)c(Br)c2)C1. The van der Waals surface area contributed by atoms with Crippen molar-refractivity contribution in [2.45, 2.75) is 39.2 Å². The zero-order valence-corrected chi connectivity index (χ0v) is 12.9. The minimum Gasteiger partial charge on any atom is -0.371 e. The van der Waals surface area contributed by atoms with Crippen LogP contribution >= 0.6 is 15.9 Å². The largest absolute Gasteiger partial charge is 0.371 e. The average Bonchev–Trinajstić information content (AvgIpc) is 2.38. The van der Waals surface area contributed by atoms with Gasteiger partial charge in [-0.05, 0) is 43.4 Å². The molecule has 0 amide bonds. The van der Waals surface area contributed by atoms with Crippen LogP contribution < -0.4 is 10.6 Å². The van der Waals surface area contributed by atoms with E-state index in [2.05, 4.69) is 46.0 Å². The first kappa shape index (κ1) is 13.9. The van der Waals surface area contributed by atoms with E-state index in [1.165, 1.54) is 43.6 Å². The van der Waals surface area contributed by atoms with E-state index in [9.17, 15) is 0 Å². The lowest BCUT2D eigenvalue weighted by atomic mass is 9.95. The van der Waals surface area contributed by atoms with Gasteiger partial charge in [-0.25, -0.2) is 0 Å². The fourth-order valence-corrected chi connectivity index (χ4v) is 3.44. The summed E-state index contributed by atoms with van der Waals surface area (Å²) in [5.74, 6) is 0.852. The van der Waals surface area contributed by atoms with Crippen LogP contribution in [0.3, 0.4) is 0 Å². The third-order valence-corrected chi connectivity index (χ3v) is 4.62. The van der Waals surface area contributed by atoms with E-state index >= 15 is 0 Å². The van der Waals surface area contributed by atoms with Crippen LogP contribution in [0, 0.1) is 5.92 Å². The number of benzene rings is 1. The number of piperidine rings is 1. The standard InChI is InChI=1S/C15H23BrN2/c1-3-12-5-4-8-18(10-12)13-6-7-14(11(2)17)15(16)9-13/h6-7,9,11-12H,3-5,8,10,17H2,1-2H3/t11-,12?/m1/s1. The smallest absolute Gasteiger partial charge is 0.0377 e. The van der Waals surface area contributed by atoms with Gasteiger partial charge in [-0.1, -0.05) is 35.3 Å². The second kappa shape index (κ2) is 6.07. The number of nitrogens with zero attached hydrogens (tertiary/aromatic N) is 1. The molecule has 2 atom stereocenters. The highest BCUT2D eigenvalue weighted by Crippen LogP contribution is 2.30. The summed E-state index contributed by atoms with van der Waals surface area (Å²) in [6.07, 6.45) is 3.98. The van der Waals surface area contributed by atoms with Crippen molar-refractivity contribution in [3.05, 3.63) is 28.2 Å². The molecule has 0 spiro atoms. The van der Waals surface area contributed by atoms with Crippen molar-refractivity contribution < 1.29 is 0 Å². The molecule has 1 aliphatic rings. The van der Waals surface area contributed by atoms with Gasteiger partial charge >= 0.3 is 0 Å². The predicted octanol–water partition coefficient (Wildman–Crippen LogP) is 4.10. The highest BCUT2D eigenvalue weighted by atomic mass is 79.9. The maximum Gasteiger partial charge on any atom is 0.0377 e. The van der Waals surface area contributed by atoms with E-state index in [1.54, 1.807) is 0 Å². The van der Waals surface area contributed by atoms with Crippen molar-refractivity contribution in [3.63, 3.8) is 0 Å². The molecule has 1 aromatic carbocycles. The minimum atomic E-state index is 0.0816. The summed E-state index contributed by atoms with van der Waals surface area (Å²) in [6, 6.07) is 6.66. The van der Waals surface area contributed by atoms with Gasteiger partial charge in [0.2, 0.25) is 0 Å². The van der Waals surface area contributed by atoms with E-state index in [-0.39, 0.29) is 6.04 Å². The van der Waals surface area contributed by atoms with Gasteiger partial charge in [0.25, 0.3) is 0 Å². The molecule has 1 unspecified atom stereocenters. The molecule has 1 aromatic rings. The Bertz CT molecular complexity index is 403. The van der Waals surface area contributed by atoms with E-state index < -0.39 is 0 Å². The number of anilines is 1. The van der Waals surface area contributed by atoms with Crippen molar-refractivity contribution in [2.75, 3.05) is 18.0 Å². The lowest BCUT2D eigenvalue weighted by Crippen LogP contribution is -2.35. The number of hydrogen-bond acceptors (Lipinski definition) is 2. The van der Waals surface area contributed by atoms with Crippen LogP contribution in [0.25, 0.3) is 0 Å². The Morgan fingerprint density at radius 2 is 2.28 bits per heavy atom. The number of hydrogen-bond donors (Lipinski definition) is 1. The quantitative estimate of drug-likeness (QED) is 0.911. The molecule has 100 valence electrons. The van der Waals surface area contributed by atoms with Gasteiger partial charge in [0.05, 0.1) is 0 Å². The van der Waals surface area contributed by atoms with E-state index in [0.29, 0.717) is 0 Å². The third kappa shape index (κ3) is 3.07. The van der Waals surface area contributed by atoms with Crippen LogP contribution in [0.1, 0.15) is 44.7 Å². The highest BCUT2D eigenvalue weighted by molar-refractivity contribution is 9.10. The van der Waals surface area contributed by atoms with Crippen molar-refractivity contribution in [3.8, 4) is 0 Å². The number of halogens is 1. The molecular formula is C15H23BrN2. The Morgan fingerprint density at radius 1 is 1.50 bits per heavy atom. The average molecular weight is 311 g/mol. The topological polar surface area (TPSA) is 29.3 Å². The van der Waals surface area contributed by atoms with E-state index in [0.717, 1.165) is 10.4 Å². The summed E-state index contributed by atoms with van der Waals surface area (Å²) in [5.41, 5.74) is 8.45. The van der Waals surface area contributed by atoms with Crippen molar-refractivity contribution >= 4 is 21.6 Å². The van der Waals surface area contributed by atoms with Gasteiger partial charge in [0.1, 0.15) is 0 Å². The second-order valence-electron chi connectivity index (χ2n) is 5.36. The predicted molar refractivity (Wildman–Crippen MR) is 82.0 cm³/mol. The normalized spacial score (nSPS) is 22.0. The van der Waals surface area contributed by atoms with Crippen molar-refractivity contribution in [1.29, 1.82) is 0 Å². The molecule has 2 nitrogen and oxygen atoms in total. The molecule has 0 saturated carbocycles. The summed E-state index contributed by atoms with van der Waals surface area (Å²) in [7, 11) is 0. The summed E-state index contributed by atoms with van der Waals surface area (Å²) >= 11 is 3.64. The Kier molecular flexibility index (Phi) is 4.68. The maximum atomic E-state index is 5.94. The summed E-state index contributed by atoms with van der Waals surface area (Å²) in [6.45, 7) is 6.69. The Labute approximate surface area is 119 Å².